The third kappa shape index (κ3) is 5.57. The summed E-state index contributed by atoms with van der Waals surface area (Å²) in [5, 5.41) is 0. The molecule has 0 aromatic carbocycles. The van der Waals surface area contributed by atoms with Crippen LogP contribution in [0.4, 0.5) is 0 Å². The summed E-state index contributed by atoms with van der Waals surface area (Å²) < 4.78 is 0. The highest BCUT2D eigenvalue weighted by Crippen LogP contribution is 2.47. The summed E-state index contributed by atoms with van der Waals surface area (Å²) in [5.41, 5.74) is 1.07. The Morgan fingerprint density at radius 3 is 2.31 bits per heavy atom. The summed E-state index contributed by atoms with van der Waals surface area (Å²) in [6, 6.07) is 0. The standard InChI is InChI=1S/C11H23P.HI/c1-3-4-8-11(2)12-9-6-5-7-10-12;/h11H,3-10H2,1-2H3;1H. The molecule has 0 radical (unpaired) electrons. The third-order valence-corrected chi connectivity index (χ3v) is 6.28. The molecule has 1 aliphatic rings. The summed E-state index contributed by atoms with van der Waals surface area (Å²) in [7, 11) is 0.455. The number of hydrogen-bond donors (Lipinski definition) is 0. The summed E-state index contributed by atoms with van der Waals surface area (Å²) in [5.74, 6) is 0. The Kier molecular flexibility index (Phi) is 9.22. The lowest BCUT2D eigenvalue weighted by molar-refractivity contribution is 0.687. The second-order valence-electron chi connectivity index (χ2n) is 4.09. The van der Waals surface area contributed by atoms with Gasteiger partial charge in [0.25, 0.3) is 0 Å². The van der Waals surface area contributed by atoms with Gasteiger partial charge in [0.2, 0.25) is 0 Å². The van der Waals surface area contributed by atoms with Crippen LogP contribution in [-0.2, 0) is 0 Å². The van der Waals surface area contributed by atoms with Crippen LogP contribution in [0.2, 0.25) is 0 Å². The van der Waals surface area contributed by atoms with E-state index in [1.54, 1.807) is 12.3 Å². The van der Waals surface area contributed by atoms with Crippen molar-refractivity contribution in [2.75, 3.05) is 12.3 Å². The van der Waals surface area contributed by atoms with Gasteiger partial charge in [0.15, 0.2) is 0 Å². The molecule has 0 nitrogen and oxygen atoms in total. The fraction of sp³-hybridized carbons (Fsp3) is 1.00. The van der Waals surface area contributed by atoms with Crippen molar-refractivity contribution in [1.82, 2.24) is 0 Å². The highest BCUT2D eigenvalue weighted by molar-refractivity contribution is 14.0. The van der Waals surface area contributed by atoms with Crippen LogP contribution in [0.5, 0.6) is 0 Å². The molecule has 1 aliphatic heterocycles. The number of rotatable bonds is 4. The van der Waals surface area contributed by atoms with E-state index in [1.807, 2.05) is 0 Å². The fourth-order valence-electron chi connectivity index (χ4n) is 2.04. The van der Waals surface area contributed by atoms with E-state index in [2.05, 4.69) is 13.8 Å². The SMILES string of the molecule is CCCCC(C)P1CCCCC1.I. The van der Waals surface area contributed by atoms with Crippen LogP contribution in [0.25, 0.3) is 0 Å². The topological polar surface area (TPSA) is 0 Å². The second-order valence-corrected chi connectivity index (χ2v) is 7.04. The van der Waals surface area contributed by atoms with Gasteiger partial charge in [-0.2, -0.15) is 0 Å². The zero-order chi connectivity index (χ0) is 8.81. The van der Waals surface area contributed by atoms with E-state index in [0.29, 0.717) is 7.92 Å². The minimum atomic E-state index is 0. The van der Waals surface area contributed by atoms with Crippen molar-refractivity contribution in [3.05, 3.63) is 0 Å². The minimum absolute atomic E-state index is 0. The van der Waals surface area contributed by atoms with Crippen molar-refractivity contribution in [2.45, 2.75) is 58.0 Å². The molecule has 1 fully saturated rings. The smallest absolute Gasteiger partial charge is 0.0238 e. The molecule has 1 atom stereocenters. The van der Waals surface area contributed by atoms with Gasteiger partial charge in [-0.1, -0.05) is 33.1 Å². The van der Waals surface area contributed by atoms with Gasteiger partial charge in [-0.3, -0.25) is 0 Å². The molecule has 0 saturated carbocycles. The molecule has 0 N–H and O–H groups in total. The maximum atomic E-state index is 2.49. The van der Waals surface area contributed by atoms with Crippen molar-refractivity contribution < 1.29 is 0 Å². The summed E-state index contributed by atoms with van der Waals surface area (Å²) in [4.78, 5) is 0. The predicted molar refractivity (Wildman–Crippen MR) is 74.9 cm³/mol. The molecule has 0 aromatic heterocycles. The first-order valence-electron chi connectivity index (χ1n) is 5.58. The molecule has 0 bridgehead atoms. The molecule has 0 spiro atoms. The number of halogens is 1. The van der Waals surface area contributed by atoms with Gasteiger partial charge in [-0.25, -0.2) is 0 Å². The largest absolute Gasteiger partial charge is 0.107 e. The quantitative estimate of drug-likeness (QED) is 0.514. The van der Waals surface area contributed by atoms with Crippen molar-refractivity contribution >= 4 is 31.9 Å². The minimum Gasteiger partial charge on any atom is -0.107 e. The summed E-state index contributed by atoms with van der Waals surface area (Å²) in [6.07, 6.45) is 12.1. The van der Waals surface area contributed by atoms with Crippen LogP contribution in [0.1, 0.15) is 52.4 Å². The van der Waals surface area contributed by atoms with Gasteiger partial charge in [0.05, 0.1) is 0 Å². The Bertz CT molecular complexity index is 111. The second kappa shape index (κ2) is 8.47. The van der Waals surface area contributed by atoms with E-state index in [-0.39, 0.29) is 24.0 Å². The van der Waals surface area contributed by atoms with Crippen molar-refractivity contribution in [2.24, 2.45) is 0 Å². The monoisotopic (exact) mass is 314 g/mol. The molecule has 1 rings (SSSR count). The maximum Gasteiger partial charge on any atom is -0.0238 e. The maximum absolute atomic E-state index is 2.49. The van der Waals surface area contributed by atoms with Crippen LogP contribution in [0.15, 0.2) is 0 Å². The van der Waals surface area contributed by atoms with E-state index in [1.165, 1.54) is 38.5 Å². The fourth-order valence-corrected chi connectivity index (χ4v) is 4.95. The van der Waals surface area contributed by atoms with Crippen LogP contribution >= 0.6 is 31.9 Å². The summed E-state index contributed by atoms with van der Waals surface area (Å²) >= 11 is 0. The first-order valence-corrected chi connectivity index (χ1v) is 7.36. The highest BCUT2D eigenvalue weighted by atomic mass is 127. The number of unbranched alkanes of at least 4 members (excludes halogenated alkanes) is 1. The van der Waals surface area contributed by atoms with Crippen molar-refractivity contribution in [3.8, 4) is 0 Å². The van der Waals surface area contributed by atoms with E-state index in [9.17, 15) is 0 Å². The average molecular weight is 314 g/mol. The van der Waals surface area contributed by atoms with Gasteiger partial charge in [0, 0.05) is 0 Å². The molecule has 80 valence electrons. The van der Waals surface area contributed by atoms with E-state index < -0.39 is 0 Å². The Morgan fingerprint density at radius 1 is 1.15 bits per heavy atom. The van der Waals surface area contributed by atoms with E-state index in [4.69, 9.17) is 0 Å². The van der Waals surface area contributed by atoms with Crippen LogP contribution in [0, 0.1) is 0 Å². The molecule has 2 heteroatoms. The Morgan fingerprint density at radius 2 is 1.77 bits per heavy atom. The van der Waals surface area contributed by atoms with Crippen LogP contribution in [0.3, 0.4) is 0 Å². The average Bonchev–Trinajstić information content (AvgIpc) is 2.15. The van der Waals surface area contributed by atoms with Gasteiger partial charge in [-0.05, 0) is 37.2 Å². The zero-order valence-electron chi connectivity index (χ0n) is 9.09. The Balaban J connectivity index is 0.00000144. The molecule has 0 aromatic rings. The normalized spacial score (nSPS) is 20.8. The highest BCUT2D eigenvalue weighted by Gasteiger charge is 2.18. The van der Waals surface area contributed by atoms with Crippen LogP contribution in [-0.4, -0.2) is 18.0 Å². The van der Waals surface area contributed by atoms with Crippen molar-refractivity contribution in [3.63, 3.8) is 0 Å². The molecule has 0 amide bonds. The Labute approximate surface area is 102 Å². The van der Waals surface area contributed by atoms with Gasteiger partial charge < -0.3 is 0 Å². The van der Waals surface area contributed by atoms with Gasteiger partial charge >= 0.3 is 0 Å². The first-order chi connectivity index (χ1) is 5.84. The molecule has 0 aliphatic carbocycles. The molecular formula is C11H24IP. The van der Waals surface area contributed by atoms with Gasteiger partial charge in [0.1, 0.15) is 0 Å². The van der Waals surface area contributed by atoms with Crippen molar-refractivity contribution in [1.29, 1.82) is 0 Å². The molecule has 1 heterocycles. The summed E-state index contributed by atoms with van der Waals surface area (Å²) in [6.45, 7) is 4.80. The molecular weight excluding hydrogens is 290 g/mol. The molecule has 13 heavy (non-hydrogen) atoms. The van der Waals surface area contributed by atoms with Gasteiger partial charge in [-0.15, -0.1) is 31.9 Å². The lowest BCUT2D eigenvalue weighted by Gasteiger charge is -2.28. The molecule has 1 saturated heterocycles. The number of hydrogen-bond acceptors (Lipinski definition) is 0. The zero-order valence-corrected chi connectivity index (χ0v) is 12.3. The predicted octanol–water partition coefficient (Wildman–Crippen LogP) is 4.85. The lowest BCUT2D eigenvalue weighted by atomic mass is 10.2. The Hall–Kier alpha value is 1.16. The van der Waals surface area contributed by atoms with E-state index >= 15 is 0 Å². The lowest BCUT2D eigenvalue weighted by Crippen LogP contribution is -2.09. The third-order valence-electron chi connectivity index (χ3n) is 2.99. The molecule has 1 unspecified atom stereocenters. The first kappa shape index (κ1) is 14.2. The van der Waals surface area contributed by atoms with Crippen LogP contribution < -0.4 is 0 Å². The van der Waals surface area contributed by atoms with E-state index in [0.717, 1.165) is 5.66 Å².